The molecule has 122 valence electrons. The summed E-state index contributed by atoms with van der Waals surface area (Å²) in [5, 5.41) is 9.88. The van der Waals surface area contributed by atoms with Crippen LogP contribution in [0.1, 0.15) is 27.2 Å². The Morgan fingerprint density at radius 2 is 2.00 bits per heavy atom. The molecule has 3 rings (SSSR count). The highest BCUT2D eigenvalue weighted by Crippen LogP contribution is 2.31. The number of thioether (sulfide) groups is 1. The highest BCUT2D eigenvalue weighted by atomic mass is 32.2. The second-order valence-electron chi connectivity index (χ2n) is 5.44. The van der Waals surface area contributed by atoms with Crippen LogP contribution in [0.5, 0.6) is 11.5 Å². The van der Waals surface area contributed by atoms with Gasteiger partial charge in [-0.15, -0.1) is 0 Å². The van der Waals surface area contributed by atoms with Crippen LogP contribution in [0, 0.1) is 25.2 Å². The van der Waals surface area contributed by atoms with Crippen LogP contribution < -0.4 is 9.47 Å². The van der Waals surface area contributed by atoms with E-state index >= 15 is 0 Å². The topological polar surface area (TPSA) is 72.2 Å². The van der Waals surface area contributed by atoms with Crippen LogP contribution in [0.3, 0.4) is 0 Å². The molecule has 24 heavy (non-hydrogen) atoms. The summed E-state index contributed by atoms with van der Waals surface area (Å²) < 4.78 is 11.0. The summed E-state index contributed by atoms with van der Waals surface area (Å²) in [7, 11) is 0. The number of benzene rings is 1. The largest absolute Gasteiger partial charge is 0.486 e. The van der Waals surface area contributed by atoms with Gasteiger partial charge < -0.3 is 9.47 Å². The zero-order valence-electron chi connectivity index (χ0n) is 13.5. The van der Waals surface area contributed by atoms with E-state index in [-0.39, 0.29) is 11.5 Å². The fourth-order valence-corrected chi connectivity index (χ4v) is 3.47. The van der Waals surface area contributed by atoms with Crippen molar-refractivity contribution in [2.24, 2.45) is 0 Å². The van der Waals surface area contributed by atoms with Crippen LogP contribution >= 0.6 is 11.8 Å². The minimum atomic E-state index is -0.0400. The van der Waals surface area contributed by atoms with Crippen molar-refractivity contribution in [1.29, 1.82) is 5.26 Å². The van der Waals surface area contributed by atoms with Crippen molar-refractivity contribution in [2.45, 2.75) is 18.9 Å². The maximum Gasteiger partial charge on any atom is 0.173 e. The summed E-state index contributed by atoms with van der Waals surface area (Å²) in [4.78, 5) is 16.8. The molecule has 0 amide bonds. The molecule has 0 aliphatic carbocycles. The van der Waals surface area contributed by atoms with Gasteiger partial charge in [0.05, 0.1) is 11.3 Å². The first kappa shape index (κ1) is 16.3. The van der Waals surface area contributed by atoms with Crippen molar-refractivity contribution < 1.29 is 14.3 Å². The monoisotopic (exact) mass is 340 g/mol. The third-order valence-corrected chi connectivity index (χ3v) is 4.60. The first-order valence-corrected chi connectivity index (χ1v) is 8.51. The number of nitriles is 1. The van der Waals surface area contributed by atoms with Crippen molar-refractivity contribution in [3.63, 3.8) is 0 Å². The van der Waals surface area contributed by atoms with E-state index in [4.69, 9.17) is 9.47 Å². The second-order valence-corrected chi connectivity index (χ2v) is 6.41. The van der Waals surface area contributed by atoms with Crippen molar-refractivity contribution in [3.8, 4) is 17.6 Å². The number of ketones is 1. The molecule has 2 heterocycles. The Balaban J connectivity index is 1.76. The quantitative estimate of drug-likeness (QED) is 0.628. The van der Waals surface area contributed by atoms with Gasteiger partial charge in [0.15, 0.2) is 17.3 Å². The minimum Gasteiger partial charge on any atom is -0.486 e. The average molecular weight is 340 g/mol. The summed E-state index contributed by atoms with van der Waals surface area (Å²) in [5.74, 6) is 1.43. The van der Waals surface area contributed by atoms with Gasteiger partial charge in [-0.2, -0.15) is 5.26 Å². The molecule has 2 aromatic rings. The lowest BCUT2D eigenvalue weighted by Gasteiger charge is -2.18. The maximum absolute atomic E-state index is 12.4. The van der Waals surface area contributed by atoms with Crippen molar-refractivity contribution in [1.82, 2.24) is 4.98 Å². The Morgan fingerprint density at radius 1 is 1.25 bits per heavy atom. The van der Waals surface area contributed by atoms with Crippen LogP contribution in [0.2, 0.25) is 0 Å². The summed E-state index contributed by atoms with van der Waals surface area (Å²) in [6, 6.07) is 9.22. The number of carbonyl (C=O) groups is 1. The Kier molecular flexibility index (Phi) is 4.72. The van der Waals surface area contributed by atoms with Crippen LogP contribution in [-0.4, -0.2) is 29.7 Å². The number of ether oxygens (including phenoxy) is 2. The standard InChI is InChI=1S/C18H16N2O3S/c1-11-7-12(2)20-18(14(11)9-19)24-10-15(21)13-3-4-16-17(8-13)23-6-5-22-16/h3-4,7-8H,5-6,10H2,1-2H3. The number of pyridine rings is 1. The number of carbonyl (C=O) groups excluding carboxylic acids is 1. The van der Waals surface area contributed by atoms with Crippen LogP contribution in [0.4, 0.5) is 0 Å². The molecule has 0 N–H and O–H groups in total. The maximum atomic E-state index is 12.4. The van der Waals surface area contributed by atoms with Crippen LogP contribution in [0.25, 0.3) is 0 Å². The van der Waals surface area contributed by atoms with E-state index in [1.54, 1.807) is 18.2 Å². The molecular formula is C18H16N2O3S. The normalized spacial score (nSPS) is 12.5. The van der Waals surface area contributed by atoms with Gasteiger partial charge in [0.1, 0.15) is 24.3 Å². The Bertz CT molecular complexity index is 843. The zero-order valence-corrected chi connectivity index (χ0v) is 14.3. The smallest absolute Gasteiger partial charge is 0.173 e. The van der Waals surface area contributed by atoms with Gasteiger partial charge in [0.2, 0.25) is 0 Å². The van der Waals surface area contributed by atoms with E-state index in [0.717, 1.165) is 11.3 Å². The highest BCUT2D eigenvalue weighted by Gasteiger charge is 2.16. The predicted molar refractivity (Wildman–Crippen MR) is 90.9 cm³/mol. The van der Waals surface area contributed by atoms with E-state index in [1.807, 2.05) is 19.9 Å². The number of nitrogens with zero attached hydrogens (tertiary/aromatic N) is 2. The number of hydrogen-bond donors (Lipinski definition) is 0. The molecule has 0 atom stereocenters. The van der Waals surface area contributed by atoms with Gasteiger partial charge in [-0.1, -0.05) is 11.8 Å². The van der Waals surface area contributed by atoms with Gasteiger partial charge in [-0.05, 0) is 43.7 Å². The summed E-state index contributed by atoms with van der Waals surface area (Å²) >= 11 is 1.29. The molecule has 0 radical (unpaired) electrons. The number of aromatic nitrogens is 1. The Labute approximate surface area is 144 Å². The molecule has 1 aromatic carbocycles. The fraction of sp³-hybridized carbons (Fsp3) is 0.278. The number of fused-ring (bicyclic) bond motifs is 1. The first-order valence-electron chi connectivity index (χ1n) is 7.52. The molecule has 1 aromatic heterocycles. The third kappa shape index (κ3) is 3.36. The van der Waals surface area contributed by atoms with E-state index < -0.39 is 0 Å². The van der Waals surface area contributed by atoms with Gasteiger partial charge in [0.25, 0.3) is 0 Å². The van der Waals surface area contributed by atoms with Crippen molar-refractivity contribution >= 4 is 17.5 Å². The third-order valence-electron chi connectivity index (χ3n) is 3.63. The van der Waals surface area contributed by atoms with Gasteiger partial charge in [-0.25, -0.2) is 4.98 Å². The lowest BCUT2D eigenvalue weighted by Crippen LogP contribution is -2.16. The number of rotatable bonds is 4. The molecular weight excluding hydrogens is 324 g/mol. The molecule has 1 aliphatic heterocycles. The highest BCUT2D eigenvalue weighted by molar-refractivity contribution is 8.00. The average Bonchev–Trinajstić information content (AvgIpc) is 2.58. The SMILES string of the molecule is Cc1cc(C)c(C#N)c(SCC(=O)c2ccc3c(c2)OCCO3)n1. The number of aryl methyl sites for hydroxylation is 2. The molecule has 0 spiro atoms. The Morgan fingerprint density at radius 3 is 2.75 bits per heavy atom. The predicted octanol–water partition coefficient (Wildman–Crippen LogP) is 3.32. The van der Waals surface area contributed by atoms with Gasteiger partial charge in [-0.3, -0.25) is 4.79 Å². The second kappa shape index (κ2) is 6.93. The molecule has 0 bridgehead atoms. The number of hydrogen-bond acceptors (Lipinski definition) is 6. The molecule has 0 saturated carbocycles. The molecule has 6 heteroatoms. The fourth-order valence-electron chi connectivity index (χ4n) is 2.48. The molecule has 0 unspecified atom stereocenters. The van der Waals surface area contributed by atoms with Crippen LogP contribution in [0.15, 0.2) is 29.3 Å². The molecule has 5 nitrogen and oxygen atoms in total. The molecule has 0 saturated heterocycles. The zero-order chi connectivity index (χ0) is 17.1. The van der Waals surface area contributed by atoms with E-state index in [1.165, 1.54) is 11.8 Å². The summed E-state index contributed by atoms with van der Waals surface area (Å²) in [5.41, 5.74) is 2.80. The van der Waals surface area contributed by atoms with Gasteiger partial charge in [0, 0.05) is 11.3 Å². The lowest BCUT2D eigenvalue weighted by molar-refractivity contribution is 0.102. The molecule has 1 aliphatic rings. The van der Waals surface area contributed by atoms with E-state index in [2.05, 4.69) is 11.1 Å². The lowest BCUT2D eigenvalue weighted by atomic mass is 10.1. The van der Waals surface area contributed by atoms with Crippen molar-refractivity contribution in [3.05, 3.63) is 46.6 Å². The number of Topliss-reactive ketones (excluding diaryl/α,β-unsaturated/α-hetero) is 1. The van der Waals surface area contributed by atoms with E-state index in [9.17, 15) is 10.1 Å². The Hall–Kier alpha value is -2.52. The molecule has 0 fully saturated rings. The van der Waals surface area contributed by atoms with Gasteiger partial charge >= 0.3 is 0 Å². The summed E-state index contributed by atoms with van der Waals surface area (Å²) in [6.45, 7) is 4.75. The van der Waals surface area contributed by atoms with Crippen molar-refractivity contribution in [2.75, 3.05) is 19.0 Å². The van der Waals surface area contributed by atoms with Crippen LogP contribution in [-0.2, 0) is 0 Å². The van der Waals surface area contributed by atoms with E-state index in [0.29, 0.717) is 40.9 Å². The minimum absolute atomic E-state index is 0.0400. The summed E-state index contributed by atoms with van der Waals surface area (Å²) in [6.07, 6.45) is 0. The first-order chi connectivity index (χ1) is 11.6.